The van der Waals surface area contributed by atoms with Crippen LogP contribution in [0, 0.1) is 17.2 Å². The van der Waals surface area contributed by atoms with E-state index in [1.54, 1.807) is 36.8 Å². The first-order chi connectivity index (χ1) is 14.7. The number of hydrogen-bond acceptors (Lipinski definition) is 6. The highest BCUT2D eigenvalue weighted by Crippen LogP contribution is 2.30. The van der Waals surface area contributed by atoms with E-state index in [4.69, 9.17) is 10.00 Å². The van der Waals surface area contributed by atoms with Gasteiger partial charge in [0.1, 0.15) is 11.6 Å². The SMILES string of the molecule is N#Cc1ccnc(N2CCCC(C(=O)Nc3ccccc3Oc3cccnc3)C2)c1. The zero-order valence-corrected chi connectivity index (χ0v) is 16.4. The van der Waals surface area contributed by atoms with E-state index in [0.717, 1.165) is 25.2 Å². The van der Waals surface area contributed by atoms with E-state index in [0.29, 0.717) is 29.3 Å². The molecule has 0 spiro atoms. The maximum atomic E-state index is 13.0. The number of carbonyl (C=O) groups excluding carboxylic acids is 1. The third-order valence-electron chi connectivity index (χ3n) is 5.00. The molecule has 0 radical (unpaired) electrons. The van der Waals surface area contributed by atoms with Crippen LogP contribution < -0.4 is 15.0 Å². The lowest BCUT2D eigenvalue weighted by molar-refractivity contribution is -0.120. The first-order valence-corrected chi connectivity index (χ1v) is 9.82. The normalized spacial score (nSPS) is 15.8. The fraction of sp³-hybridized carbons (Fsp3) is 0.217. The zero-order valence-electron chi connectivity index (χ0n) is 16.4. The van der Waals surface area contributed by atoms with Gasteiger partial charge >= 0.3 is 0 Å². The van der Waals surface area contributed by atoms with Gasteiger partial charge in [0.15, 0.2) is 5.75 Å². The van der Waals surface area contributed by atoms with Gasteiger partial charge in [0.2, 0.25) is 5.91 Å². The van der Waals surface area contributed by atoms with Crippen LogP contribution >= 0.6 is 0 Å². The molecule has 3 aromatic rings. The molecule has 2 aromatic heterocycles. The van der Waals surface area contributed by atoms with Gasteiger partial charge in [-0.15, -0.1) is 0 Å². The molecular weight excluding hydrogens is 378 g/mol. The van der Waals surface area contributed by atoms with Crippen molar-refractivity contribution >= 4 is 17.4 Å². The van der Waals surface area contributed by atoms with Gasteiger partial charge in [-0.2, -0.15) is 5.26 Å². The van der Waals surface area contributed by atoms with Crippen LogP contribution in [0.5, 0.6) is 11.5 Å². The van der Waals surface area contributed by atoms with Crippen LogP contribution in [0.1, 0.15) is 18.4 Å². The second-order valence-corrected chi connectivity index (χ2v) is 7.08. The summed E-state index contributed by atoms with van der Waals surface area (Å²) in [4.78, 5) is 23.5. The van der Waals surface area contributed by atoms with Crippen LogP contribution in [-0.2, 0) is 4.79 Å². The number of hydrogen-bond donors (Lipinski definition) is 1. The minimum absolute atomic E-state index is 0.0571. The number of carbonyl (C=O) groups is 1. The molecule has 1 saturated heterocycles. The first-order valence-electron chi connectivity index (χ1n) is 9.82. The quantitative estimate of drug-likeness (QED) is 0.697. The van der Waals surface area contributed by atoms with Gasteiger partial charge < -0.3 is 15.0 Å². The summed E-state index contributed by atoms with van der Waals surface area (Å²) in [5, 5.41) is 12.1. The number of nitrogens with zero attached hydrogens (tertiary/aromatic N) is 4. The summed E-state index contributed by atoms with van der Waals surface area (Å²) in [6, 6.07) is 16.5. The summed E-state index contributed by atoms with van der Waals surface area (Å²) >= 11 is 0. The van der Waals surface area contributed by atoms with Crippen molar-refractivity contribution in [3.63, 3.8) is 0 Å². The first kappa shape index (κ1) is 19.4. The molecule has 1 aliphatic rings. The predicted molar refractivity (Wildman–Crippen MR) is 113 cm³/mol. The molecule has 3 heterocycles. The number of amides is 1. The fourth-order valence-corrected chi connectivity index (χ4v) is 3.49. The highest BCUT2D eigenvalue weighted by atomic mass is 16.5. The lowest BCUT2D eigenvalue weighted by atomic mass is 9.97. The Morgan fingerprint density at radius 2 is 2.10 bits per heavy atom. The monoisotopic (exact) mass is 399 g/mol. The number of piperidine rings is 1. The molecule has 0 saturated carbocycles. The number of rotatable bonds is 5. The summed E-state index contributed by atoms with van der Waals surface area (Å²) < 4.78 is 5.89. The summed E-state index contributed by atoms with van der Waals surface area (Å²) in [6.07, 6.45) is 6.61. The molecule has 30 heavy (non-hydrogen) atoms. The maximum Gasteiger partial charge on any atom is 0.229 e. The Balaban J connectivity index is 1.46. The lowest BCUT2D eigenvalue weighted by Gasteiger charge is -2.33. The summed E-state index contributed by atoms with van der Waals surface area (Å²) in [5.41, 5.74) is 1.18. The lowest BCUT2D eigenvalue weighted by Crippen LogP contribution is -2.41. The average Bonchev–Trinajstić information content (AvgIpc) is 2.81. The van der Waals surface area contributed by atoms with Gasteiger partial charge in [-0.1, -0.05) is 12.1 Å². The van der Waals surface area contributed by atoms with Gasteiger partial charge in [-0.05, 0) is 49.2 Å². The van der Waals surface area contributed by atoms with Crippen LogP contribution in [0.2, 0.25) is 0 Å². The number of nitriles is 1. The molecule has 1 amide bonds. The second kappa shape index (κ2) is 9.05. The van der Waals surface area contributed by atoms with E-state index >= 15 is 0 Å². The molecule has 150 valence electrons. The van der Waals surface area contributed by atoms with E-state index < -0.39 is 0 Å². The highest BCUT2D eigenvalue weighted by molar-refractivity contribution is 5.94. The summed E-state index contributed by atoms with van der Waals surface area (Å²) in [5.74, 6) is 1.66. The number of pyridine rings is 2. The molecule has 0 bridgehead atoms. The van der Waals surface area contributed by atoms with E-state index in [1.807, 2.05) is 30.3 Å². The number of ether oxygens (including phenoxy) is 1. The van der Waals surface area contributed by atoms with E-state index in [-0.39, 0.29) is 11.8 Å². The van der Waals surface area contributed by atoms with Crippen LogP contribution in [0.3, 0.4) is 0 Å². The minimum Gasteiger partial charge on any atom is -0.454 e. The van der Waals surface area contributed by atoms with E-state index in [2.05, 4.69) is 26.3 Å². The Morgan fingerprint density at radius 3 is 2.93 bits per heavy atom. The largest absolute Gasteiger partial charge is 0.454 e. The molecule has 1 aromatic carbocycles. The molecule has 1 fully saturated rings. The second-order valence-electron chi connectivity index (χ2n) is 7.08. The Morgan fingerprint density at radius 1 is 1.20 bits per heavy atom. The van der Waals surface area contributed by atoms with Crippen molar-refractivity contribution in [3.05, 3.63) is 72.7 Å². The number of benzene rings is 1. The number of anilines is 2. The van der Waals surface area contributed by atoms with Gasteiger partial charge in [0.05, 0.1) is 29.4 Å². The smallest absolute Gasteiger partial charge is 0.229 e. The molecule has 0 aliphatic carbocycles. The molecule has 7 nitrogen and oxygen atoms in total. The third kappa shape index (κ3) is 4.55. The van der Waals surface area contributed by atoms with E-state index in [9.17, 15) is 4.79 Å². The van der Waals surface area contributed by atoms with Gasteiger partial charge in [-0.25, -0.2) is 4.98 Å². The van der Waals surface area contributed by atoms with Crippen molar-refractivity contribution in [1.82, 2.24) is 9.97 Å². The van der Waals surface area contributed by atoms with Gasteiger partial charge in [0, 0.05) is 25.5 Å². The fourth-order valence-electron chi connectivity index (χ4n) is 3.49. The number of para-hydroxylation sites is 2. The Labute approximate surface area is 175 Å². The molecule has 1 atom stereocenters. The van der Waals surface area contributed by atoms with E-state index in [1.165, 1.54) is 0 Å². The molecular formula is C23H21N5O2. The Hall–Kier alpha value is -3.92. The van der Waals surface area contributed by atoms with Crippen molar-refractivity contribution in [3.8, 4) is 17.6 Å². The topological polar surface area (TPSA) is 91.1 Å². The van der Waals surface area contributed by atoms with Crippen LogP contribution in [0.25, 0.3) is 0 Å². The summed E-state index contributed by atoms with van der Waals surface area (Å²) in [7, 11) is 0. The molecule has 1 unspecified atom stereocenters. The number of nitrogens with one attached hydrogen (secondary N) is 1. The van der Waals surface area contributed by atoms with Crippen LogP contribution in [-0.4, -0.2) is 29.0 Å². The van der Waals surface area contributed by atoms with Crippen molar-refractivity contribution in [2.24, 2.45) is 5.92 Å². The molecule has 1 aliphatic heterocycles. The molecule has 7 heteroatoms. The molecule has 1 N–H and O–H groups in total. The average molecular weight is 399 g/mol. The van der Waals surface area contributed by atoms with Crippen molar-refractivity contribution in [2.75, 3.05) is 23.3 Å². The van der Waals surface area contributed by atoms with Gasteiger partial charge in [0.25, 0.3) is 0 Å². The Bertz CT molecular complexity index is 1060. The third-order valence-corrected chi connectivity index (χ3v) is 5.00. The minimum atomic E-state index is -0.183. The van der Waals surface area contributed by atoms with Gasteiger partial charge in [-0.3, -0.25) is 9.78 Å². The summed E-state index contributed by atoms with van der Waals surface area (Å²) in [6.45, 7) is 1.37. The van der Waals surface area contributed by atoms with Crippen LogP contribution in [0.15, 0.2) is 67.1 Å². The Kier molecular flexibility index (Phi) is 5.85. The standard InChI is InChI=1S/C23H21N5O2/c24-14-17-9-11-26-22(13-17)28-12-4-5-18(16-28)23(29)27-20-7-1-2-8-21(20)30-19-6-3-10-25-15-19/h1-3,6-11,13,15,18H,4-5,12,16H2,(H,27,29). The maximum absolute atomic E-state index is 13.0. The van der Waals surface area contributed by atoms with Crippen LogP contribution in [0.4, 0.5) is 11.5 Å². The number of aromatic nitrogens is 2. The molecule has 4 rings (SSSR count). The van der Waals surface area contributed by atoms with Crippen molar-refractivity contribution in [1.29, 1.82) is 5.26 Å². The van der Waals surface area contributed by atoms with Crippen molar-refractivity contribution in [2.45, 2.75) is 12.8 Å². The predicted octanol–water partition coefficient (Wildman–Crippen LogP) is 4.00. The van der Waals surface area contributed by atoms with Crippen molar-refractivity contribution < 1.29 is 9.53 Å². The highest BCUT2D eigenvalue weighted by Gasteiger charge is 2.27. The zero-order chi connectivity index (χ0) is 20.8.